The van der Waals surface area contributed by atoms with Crippen molar-refractivity contribution in [3.8, 4) is 0 Å². The molecule has 0 aliphatic heterocycles. The number of hydrogen-bond donors (Lipinski definition) is 0. The molecule has 0 bridgehead atoms. The minimum absolute atomic E-state index is 0.566. The lowest BCUT2D eigenvalue weighted by Crippen LogP contribution is -2.09. The lowest BCUT2D eigenvalue weighted by atomic mass is 10.1. The molecule has 3 heteroatoms. The monoisotopic (exact) mass is 298 g/mol. The van der Waals surface area contributed by atoms with Crippen LogP contribution in [0.25, 0.3) is 11.0 Å². The third kappa shape index (κ3) is 3.11. The molecular weight excluding hydrogens is 280 g/mol. The average molecular weight is 299 g/mol. The van der Waals surface area contributed by atoms with E-state index >= 15 is 0 Å². The highest BCUT2D eigenvalue weighted by molar-refractivity contribution is 6.31. The number of rotatable bonds is 4. The van der Waals surface area contributed by atoms with Gasteiger partial charge < -0.3 is 4.57 Å². The summed E-state index contributed by atoms with van der Waals surface area (Å²) in [5.74, 6) is 1.67. The summed E-state index contributed by atoms with van der Waals surface area (Å²) >= 11 is 6.16. The van der Waals surface area contributed by atoms with Gasteiger partial charge >= 0.3 is 0 Å². The summed E-state index contributed by atoms with van der Waals surface area (Å²) in [5.41, 5.74) is 3.43. The number of aromatic nitrogens is 2. The van der Waals surface area contributed by atoms with Gasteiger partial charge in [-0.1, -0.05) is 55.8 Å². The van der Waals surface area contributed by atoms with Crippen molar-refractivity contribution < 1.29 is 0 Å². The van der Waals surface area contributed by atoms with Gasteiger partial charge in [-0.15, -0.1) is 0 Å². The molecule has 2 nitrogen and oxygen atoms in total. The van der Waals surface area contributed by atoms with Gasteiger partial charge in [0.25, 0.3) is 0 Å². The van der Waals surface area contributed by atoms with Gasteiger partial charge in [-0.25, -0.2) is 4.98 Å². The zero-order valence-electron chi connectivity index (χ0n) is 12.4. The fourth-order valence-electron chi connectivity index (χ4n) is 2.63. The van der Waals surface area contributed by atoms with Gasteiger partial charge in [-0.3, -0.25) is 0 Å². The Morgan fingerprint density at radius 3 is 2.57 bits per heavy atom. The van der Waals surface area contributed by atoms with Gasteiger partial charge in [0.1, 0.15) is 5.82 Å². The summed E-state index contributed by atoms with van der Waals surface area (Å²) in [4.78, 5) is 4.81. The Labute approximate surface area is 130 Å². The molecule has 0 fully saturated rings. The molecule has 3 aromatic rings. The quantitative estimate of drug-likeness (QED) is 0.667. The molecular formula is C18H19ClN2. The minimum Gasteiger partial charge on any atom is -0.327 e. The summed E-state index contributed by atoms with van der Waals surface area (Å²) in [6.45, 7) is 5.41. The van der Waals surface area contributed by atoms with Crippen molar-refractivity contribution in [3.63, 3.8) is 0 Å². The fraction of sp³-hybridized carbons (Fsp3) is 0.278. The highest BCUT2D eigenvalue weighted by Gasteiger charge is 2.12. The molecule has 0 saturated heterocycles. The van der Waals surface area contributed by atoms with Gasteiger partial charge in [0.05, 0.1) is 11.0 Å². The van der Waals surface area contributed by atoms with Crippen LogP contribution in [-0.4, -0.2) is 9.55 Å². The predicted molar refractivity (Wildman–Crippen MR) is 88.8 cm³/mol. The summed E-state index contributed by atoms with van der Waals surface area (Å²) in [6.07, 6.45) is 0.847. The Kier molecular flexibility index (Phi) is 3.98. The first-order valence-corrected chi connectivity index (χ1v) is 7.70. The van der Waals surface area contributed by atoms with Crippen LogP contribution in [0.3, 0.4) is 0 Å². The highest BCUT2D eigenvalue weighted by Crippen LogP contribution is 2.23. The van der Waals surface area contributed by atoms with E-state index in [2.05, 4.69) is 42.7 Å². The highest BCUT2D eigenvalue weighted by atomic mass is 35.5. The van der Waals surface area contributed by atoms with Crippen LogP contribution in [0.5, 0.6) is 0 Å². The summed E-state index contributed by atoms with van der Waals surface area (Å²) in [7, 11) is 0. The number of fused-ring (bicyclic) bond motifs is 1. The molecule has 0 aliphatic carbocycles. The SMILES string of the molecule is CC(C)Cn1c(Cc2ccccc2)nc2ccc(Cl)cc21. The molecule has 0 spiro atoms. The second-order valence-corrected chi connectivity index (χ2v) is 6.26. The third-order valence-corrected chi connectivity index (χ3v) is 3.78. The van der Waals surface area contributed by atoms with Crippen molar-refractivity contribution in [1.29, 1.82) is 0 Å². The van der Waals surface area contributed by atoms with Crippen LogP contribution in [-0.2, 0) is 13.0 Å². The van der Waals surface area contributed by atoms with Crippen molar-refractivity contribution in [3.05, 3.63) is 64.9 Å². The fourth-order valence-corrected chi connectivity index (χ4v) is 2.79. The van der Waals surface area contributed by atoms with E-state index in [1.54, 1.807) is 0 Å². The second-order valence-electron chi connectivity index (χ2n) is 5.83. The van der Waals surface area contributed by atoms with Crippen LogP contribution in [0.2, 0.25) is 5.02 Å². The lowest BCUT2D eigenvalue weighted by Gasteiger charge is -2.12. The van der Waals surface area contributed by atoms with Crippen molar-refractivity contribution in [1.82, 2.24) is 9.55 Å². The Hall–Kier alpha value is -1.80. The van der Waals surface area contributed by atoms with E-state index in [1.807, 2.05) is 24.3 Å². The average Bonchev–Trinajstić information content (AvgIpc) is 2.77. The number of nitrogens with zero attached hydrogens (tertiary/aromatic N) is 2. The van der Waals surface area contributed by atoms with Gasteiger partial charge in [0.2, 0.25) is 0 Å². The van der Waals surface area contributed by atoms with Crippen LogP contribution < -0.4 is 0 Å². The maximum Gasteiger partial charge on any atom is 0.114 e. The van der Waals surface area contributed by atoms with E-state index in [9.17, 15) is 0 Å². The first kappa shape index (κ1) is 14.2. The van der Waals surface area contributed by atoms with E-state index in [0.717, 1.165) is 34.8 Å². The maximum absolute atomic E-state index is 6.16. The second kappa shape index (κ2) is 5.90. The largest absolute Gasteiger partial charge is 0.327 e. The lowest BCUT2D eigenvalue weighted by molar-refractivity contribution is 0.520. The predicted octanol–water partition coefficient (Wildman–Crippen LogP) is 4.94. The minimum atomic E-state index is 0.566. The maximum atomic E-state index is 6.16. The molecule has 0 amide bonds. The van der Waals surface area contributed by atoms with Crippen molar-refractivity contribution >= 4 is 22.6 Å². The first-order valence-electron chi connectivity index (χ1n) is 7.32. The van der Waals surface area contributed by atoms with Crippen LogP contribution in [0.15, 0.2) is 48.5 Å². The third-order valence-electron chi connectivity index (χ3n) is 3.54. The molecule has 3 rings (SSSR count). The molecule has 21 heavy (non-hydrogen) atoms. The zero-order valence-corrected chi connectivity index (χ0v) is 13.1. The van der Waals surface area contributed by atoms with E-state index in [4.69, 9.17) is 16.6 Å². The summed E-state index contributed by atoms with van der Waals surface area (Å²) in [6, 6.07) is 16.4. The van der Waals surface area contributed by atoms with Crippen LogP contribution in [0, 0.1) is 5.92 Å². The molecule has 1 heterocycles. The number of imidazole rings is 1. The Morgan fingerprint density at radius 1 is 1.10 bits per heavy atom. The van der Waals surface area contributed by atoms with Crippen molar-refractivity contribution in [2.75, 3.05) is 0 Å². The topological polar surface area (TPSA) is 17.8 Å². The van der Waals surface area contributed by atoms with E-state index in [1.165, 1.54) is 5.56 Å². The summed E-state index contributed by atoms with van der Waals surface area (Å²) in [5, 5.41) is 0.763. The standard InChI is InChI=1S/C18H19ClN2/c1-13(2)12-21-17-11-15(19)8-9-16(17)20-18(21)10-14-6-4-3-5-7-14/h3-9,11,13H,10,12H2,1-2H3. The number of hydrogen-bond acceptors (Lipinski definition) is 1. The van der Waals surface area contributed by atoms with Crippen LogP contribution in [0.1, 0.15) is 25.2 Å². The number of halogens is 1. The molecule has 0 radical (unpaired) electrons. The van der Waals surface area contributed by atoms with E-state index in [-0.39, 0.29) is 0 Å². The van der Waals surface area contributed by atoms with Gasteiger partial charge in [0, 0.05) is 18.0 Å². The first-order chi connectivity index (χ1) is 10.1. The number of benzene rings is 2. The molecule has 0 N–H and O–H groups in total. The zero-order chi connectivity index (χ0) is 14.8. The molecule has 2 aromatic carbocycles. The normalized spacial score (nSPS) is 11.4. The van der Waals surface area contributed by atoms with Gasteiger partial charge in [-0.2, -0.15) is 0 Å². The molecule has 0 saturated carbocycles. The smallest absolute Gasteiger partial charge is 0.114 e. The molecule has 0 unspecified atom stereocenters. The van der Waals surface area contributed by atoms with Crippen LogP contribution in [0.4, 0.5) is 0 Å². The molecule has 1 aromatic heterocycles. The molecule has 0 aliphatic rings. The Morgan fingerprint density at radius 2 is 1.86 bits per heavy atom. The van der Waals surface area contributed by atoms with Gasteiger partial charge in [-0.05, 0) is 29.7 Å². The van der Waals surface area contributed by atoms with Gasteiger partial charge in [0.15, 0.2) is 0 Å². The molecule has 0 atom stereocenters. The van der Waals surface area contributed by atoms with Crippen LogP contribution >= 0.6 is 11.6 Å². The van der Waals surface area contributed by atoms with E-state index < -0.39 is 0 Å². The molecule has 108 valence electrons. The van der Waals surface area contributed by atoms with Crippen molar-refractivity contribution in [2.24, 2.45) is 5.92 Å². The Balaban J connectivity index is 2.08. The Bertz CT molecular complexity index is 745. The van der Waals surface area contributed by atoms with Crippen molar-refractivity contribution in [2.45, 2.75) is 26.8 Å². The summed E-state index contributed by atoms with van der Waals surface area (Å²) < 4.78 is 2.30. The van der Waals surface area contributed by atoms with E-state index in [0.29, 0.717) is 5.92 Å².